The summed E-state index contributed by atoms with van der Waals surface area (Å²) in [5.41, 5.74) is -0.874. The fourth-order valence-electron chi connectivity index (χ4n) is 2.40. The van der Waals surface area contributed by atoms with E-state index in [0.717, 1.165) is 4.68 Å². The molecule has 0 aliphatic carbocycles. The second-order valence-electron chi connectivity index (χ2n) is 5.71. The standard InChI is InChI=1S/C16H11Cl3F3N5O/c1-26-12(5-13(24-26)16(20,21)22)15(28)23-14-11(19)7-27(25-14)6-8-9(17)3-2-4-10(8)18/h2-5,7H,6H2,1H3,(H,23,25,28). The van der Waals surface area contributed by atoms with Crippen LogP contribution in [-0.2, 0) is 19.8 Å². The van der Waals surface area contributed by atoms with Gasteiger partial charge in [0.25, 0.3) is 5.91 Å². The van der Waals surface area contributed by atoms with Crippen molar-refractivity contribution in [3.8, 4) is 0 Å². The van der Waals surface area contributed by atoms with E-state index in [2.05, 4.69) is 15.5 Å². The number of carbonyl (C=O) groups excluding carboxylic acids is 1. The van der Waals surface area contributed by atoms with Gasteiger partial charge in [-0.15, -0.1) is 0 Å². The van der Waals surface area contributed by atoms with Crippen molar-refractivity contribution >= 4 is 46.5 Å². The van der Waals surface area contributed by atoms with Crippen molar-refractivity contribution in [3.63, 3.8) is 0 Å². The van der Waals surface area contributed by atoms with Crippen LogP contribution in [-0.4, -0.2) is 25.5 Å². The van der Waals surface area contributed by atoms with Gasteiger partial charge >= 0.3 is 6.18 Å². The number of aryl methyl sites for hydroxylation is 1. The van der Waals surface area contributed by atoms with Gasteiger partial charge in [0.05, 0.1) is 6.54 Å². The van der Waals surface area contributed by atoms with E-state index in [-0.39, 0.29) is 23.1 Å². The van der Waals surface area contributed by atoms with E-state index in [1.165, 1.54) is 17.9 Å². The van der Waals surface area contributed by atoms with Crippen molar-refractivity contribution in [2.45, 2.75) is 12.7 Å². The minimum absolute atomic E-state index is 0.0235. The number of nitrogens with one attached hydrogen (secondary N) is 1. The zero-order valence-corrected chi connectivity index (χ0v) is 16.3. The zero-order chi connectivity index (χ0) is 20.6. The van der Waals surface area contributed by atoms with Gasteiger partial charge in [-0.3, -0.25) is 14.2 Å². The number of amides is 1. The number of hydrogen-bond donors (Lipinski definition) is 1. The SMILES string of the molecule is Cn1nc(C(F)(F)F)cc1C(=O)Nc1nn(Cc2c(Cl)cccc2Cl)cc1Cl. The predicted octanol–water partition coefficient (Wildman–Crippen LogP) is 4.90. The first-order valence-corrected chi connectivity index (χ1v) is 8.78. The summed E-state index contributed by atoms with van der Waals surface area (Å²) in [6.07, 6.45) is -3.23. The number of anilines is 1. The first kappa shape index (κ1) is 20.5. The highest BCUT2D eigenvalue weighted by Crippen LogP contribution is 2.29. The lowest BCUT2D eigenvalue weighted by atomic mass is 10.2. The van der Waals surface area contributed by atoms with Gasteiger partial charge in [0, 0.05) is 34.9 Å². The molecule has 2 aromatic heterocycles. The summed E-state index contributed by atoms with van der Waals surface area (Å²) in [6.45, 7) is 0.179. The number of rotatable bonds is 4. The van der Waals surface area contributed by atoms with Gasteiger partial charge in [-0.2, -0.15) is 23.4 Å². The second-order valence-corrected chi connectivity index (χ2v) is 6.94. The lowest BCUT2D eigenvalue weighted by Crippen LogP contribution is -2.17. The van der Waals surface area contributed by atoms with E-state index < -0.39 is 17.8 Å². The summed E-state index contributed by atoms with van der Waals surface area (Å²) < 4.78 is 40.5. The molecule has 3 aromatic rings. The van der Waals surface area contributed by atoms with Crippen LogP contribution in [0.1, 0.15) is 21.7 Å². The van der Waals surface area contributed by atoms with E-state index in [4.69, 9.17) is 34.8 Å². The summed E-state index contributed by atoms with van der Waals surface area (Å²) in [6, 6.07) is 5.66. The maximum absolute atomic E-state index is 12.7. The Morgan fingerprint density at radius 3 is 2.36 bits per heavy atom. The molecule has 12 heteroatoms. The van der Waals surface area contributed by atoms with Gasteiger partial charge in [-0.05, 0) is 12.1 Å². The molecule has 0 aliphatic heterocycles. The van der Waals surface area contributed by atoms with E-state index in [9.17, 15) is 18.0 Å². The van der Waals surface area contributed by atoms with Crippen molar-refractivity contribution in [3.05, 3.63) is 62.5 Å². The Bertz CT molecular complexity index is 1020. The molecule has 0 atom stereocenters. The average Bonchev–Trinajstić information content (AvgIpc) is 3.14. The van der Waals surface area contributed by atoms with E-state index in [1.54, 1.807) is 18.2 Å². The summed E-state index contributed by atoms with van der Waals surface area (Å²) in [5, 5.41) is 10.7. The second kappa shape index (κ2) is 7.65. The Hall–Kier alpha value is -2.23. The number of benzene rings is 1. The third kappa shape index (κ3) is 4.26. The number of nitrogens with zero attached hydrogens (tertiary/aromatic N) is 4. The molecular formula is C16H11Cl3F3N5O. The third-order valence-corrected chi connectivity index (χ3v) is 4.72. The number of aromatic nitrogens is 4. The summed E-state index contributed by atoms with van der Waals surface area (Å²) in [7, 11) is 1.23. The topological polar surface area (TPSA) is 64.7 Å². The Balaban J connectivity index is 1.81. The molecule has 0 saturated heterocycles. The molecule has 0 bridgehead atoms. The quantitative estimate of drug-likeness (QED) is 0.613. The first-order valence-electron chi connectivity index (χ1n) is 7.64. The minimum Gasteiger partial charge on any atom is -0.302 e. The molecule has 0 aliphatic rings. The smallest absolute Gasteiger partial charge is 0.302 e. The van der Waals surface area contributed by atoms with Crippen molar-refractivity contribution in [1.82, 2.24) is 19.6 Å². The minimum atomic E-state index is -4.66. The van der Waals surface area contributed by atoms with E-state index >= 15 is 0 Å². The largest absolute Gasteiger partial charge is 0.435 e. The molecule has 148 valence electrons. The highest BCUT2D eigenvalue weighted by Gasteiger charge is 2.35. The molecule has 3 rings (SSSR count). The van der Waals surface area contributed by atoms with Crippen LogP contribution in [0.4, 0.5) is 19.0 Å². The van der Waals surface area contributed by atoms with Crippen LogP contribution in [0.5, 0.6) is 0 Å². The summed E-state index contributed by atoms with van der Waals surface area (Å²) >= 11 is 18.3. The Morgan fingerprint density at radius 2 is 1.79 bits per heavy atom. The van der Waals surface area contributed by atoms with Crippen LogP contribution in [0.2, 0.25) is 15.1 Å². The molecule has 0 radical (unpaired) electrons. The highest BCUT2D eigenvalue weighted by atomic mass is 35.5. The molecule has 6 nitrogen and oxygen atoms in total. The normalized spacial score (nSPS) is 11.7. The van der Waals surface area contributed by atoms with Crippen LogP contribution in [0.3, 0.4) is 0 Å². The average molecular weight is 453 g/mol. The molecule has 1 N–H and O–H groups in total. The first-order chi connectivity index (χ1) is 13.1. The van der Waals surface area contributed by atoms with Gasteiger partial charge < -0.3 is 5.32 Å². The van der Waals surface area contributed by atoms with Crippen LogP contribution >= 0.6 is 34.8 Å². The maximum atomic E-state index is 12.7. The highest BCUT2D eigenvalue weighted by molar-refractivity contribution is 6.36. The van der Waals surface area contributed by atoms with Crippen LogP contribution in [0.25, 0.3) is 0 Å². The molecule has 1 amide bonds. The molecule has 2 heterocycles. The van der Waals surface area contributed by atoms with Crippen LogP contribution in [0.15, 0.2) is 30.5 Å². The fourth-order valence-corrected chi connectivity index (χ4v) is 3.11. The molecule has 0 fully saturated rings. The Kier molecular flexibility index (Phi) is 5.60. The zero-order valence-electron chi connectivity index (χ0n) is 14.1. The number of carbonyl (C=O) groups is 1. The van der Waals surface area contributed by atoms with Gasteiger partial charge in [0.1, 0.15) is 10.7 Å². The lowest BCUT2D eigenvalue weighted by Gasteiger charge is -2.07. The van der Waals surface area contributed by atoms with Crippen molar-refractivity contribution in [2.24, 2.45) is 7.05 Å². The van der Waals surface area contributed by atoms with Crippen molar-refractivity contribution in [2.75, 3.05) is 5.32 Å². The molecular weight excluding hydrogens is 442 g/mol. The fraction of sp³-hybridized carbons (Fsp3) is 0.188. The molecule has 0 unspecified atom stereocenters. The molecule has 0 spiro atoms. The van der Waals surface area contributed by atoms with Crippen LogP contribution < -0.4 is 5.32 Å². The molecule has 1 aromatic carbocycles. The van der Waals surface area contributed by atoms with Gasteiger partial charge in [0.2, 0.25) is 0 Å². The van der Waals surface area contributed by atoms with Crippen molar-refractivity contribution < 1.29 is 18.0 Å². The van der Waals surface area contributed by atoms with E-state index in [1.807, 2.05) is 0 Å². The van der Waals surface area contributed by atoms with Gasteiger partial charge in [0.15, 0.2) is 11.5 Å². The Labute approximate surface area is 171 Å². The van der Waals surface area contributed by atoms with Crippen molar-refractivity contribution in [1.29, 1.82) is 0 Å². The Morgan fingerprint density at radius 1 is 1.14 bits per heavy atom. The summed E-state index contributed by atoms with van der Waals surface area (Å²) in [5.74, 6) is -0.863. The number of halogens is 6. The lowest BCUT2D eigenvalue weighted by molar-refractivity contribution is -0.141. The predicted molar refractivity (Wildman–Crippen MR) is 99.0 cm³/mol. The van der Waals surface area contributed by atoms with Crippen LogP contribution in [0, 0.1) is 0 Å². The maximum Gasteiger partial charge on any atom is 0.435 e. The number of hydrogen-bond acceptors (Lipinski definition) is 3. The van der Waals surface area contributed by atoms with Gasteiger partial charge in [-0.25, -0.2) is 0 Å². The number of alkyl halides is 3. The third-order valence-electron chi connectivity index (χ3n) is 3.73. The monoisotopic (exact) mass is 451 g/mol. The molecule has 0 saturated carbocycles. The molecule has 28 heavy (non-hydrogen) atoms. The summed E-state index contributed by atoms with van der Waals surface area (Å²) in [4.78, 5) is 12.3. The van der Waals surface area contributed by atoms with E-state index in [0.29, 0.717) is 21.7 Å². The van der Waals surface area contributed by atoms with Gasteiger partial charge in [-0.1, -0.05) is 40.9 Å².